The molecule has 3 heterocycles. The fourth-order valence-corrected chi connectivity index (χ4v) is 4.10. The topological polar surface area (TPSA) is 76.3 Å². The molecule has 1 fully saturated rings. The second kappa shape index (κ2) is 8.32. The number of carbonyl (C=O) groups is 1. The van der Waals surface area contributed by atoms with Crippen molar-refractivity contribution < 1.29 is 9.18 Å². The lowest BCUT2D eigenvalue weighted by Gasteiger charge is -2.35. The quantitative estimate of drug-likeness (QED) is 0.464. The van der Waals surface area contributed by atoms with Gasteiger partial charge in [-0.3, -0.25) is 9.59 Å². The van der Waals surface area contributed by atoms with Gasteiger partial charge in [-0.25, -0.2) is 14.1 Å². The second-order valence-corrected chi connectivity index (χ2v) is 8.29. The van der Waals surface area contributed by atoms with Crippen LogP contribution >= 0.6 is 11.6 Å². The molecule has 1 saturated heterocycles. The molecule has 0 radical (unpaired) electrons. The van der Waals surface area contributed by atoms with Gasteiger partial charge >= 0.3 is 0 Å². The maximum atomic E-state index is 13.4. The Morgan fingerprint density at radius 3 is 2.27 bits per heavy atom. The van der Waals surface area contributed by atoms with Crippen LogP contribution in [0.4, 0.5) is 10.1 Å². The standard InChI is InChI=1S/C23H20ClFN6O2/c1-28-14-26-19-20(27-31(21(19)23(28)33)18-6-2-15(24)3-7-18)22(32)30-12-10-29(11-13-30)17-8-4-16(25)5-9-17/h2-9,14H,10-13H2,1H3. The average molecular weight is 467 g/mol. The molecule has 5 rings (SSSR count). The van der Waals surface area contributed by atoms with E-state index in [1.54, 1.807) is 48.3 Å². The first-order valence-corrected chi connectivity index (χ1v) is 10.8. The molecule has 1 aliphatic rings. The van der Waals surface area contributed by atoms with E-state index < -0.39 is 0 Å². The zero-order chi connectivity index (χ0) is 23.1. The van der Waals surface area contributed by atoms with Gasteiger partial charge < -0.3 is 14.4 Å². The van der Waals surface area contributed by atoms with Crippen LogP contribution in [-0.4, -0.2) is 56.3 Å². The summed E-state index contributed by atoms with van der Waals surface area (Å²) in [6, 6.07) is 13.2. The fourth-order valence-electron chi connectivity index (χ4n) is 3.97. The molecule has 0 bridgehead atoms. The summed E-state index contributed by atoms with van der Waals surface area (Å²) in [7, 11) is 1.60. The molecule has 2 aromatic carbocycles. The number of aromatic nitrogens is 4. The Labute approximate surface area is 193 Å². The first-order chi connectivity index (χ1) is 15.9. The van der Waals surface area contributed by atoms with Crippen LogP contribution in [0.3, 0.4) is 0 Å². The van der Waals surface area contributed by atoms with Gasteiger partial charge in [-0.15, -0.1) is 0 Å². The van der Waals surface area contributed by atoms with Crippen LogP contribution in [0.15, 0.2) is 59.7 Å². The van der Waals surface area contributed by atoms with Crippen molar-refractivity contribution >= 4 is 34.2 Å². The highest BCUT2D eigenvalue weighted by atomic mass is 35.5. The molecule has 0 unspecified atom stereocenters. The molecule has 1 amide bonds. The van der Waals surface area contributed by atoms with E-state index >= 15 is 0 Å². The van der Waals surface area contributed by atoms with Crippen molar-refractivity contribution in [3.05, 3.63) is 81.7 Å². The lowest BCUT2D eigenvalue weighted by Crippen LogP contribution is -2.49. The third-order valence-corrected chi connectivity index (χ3v) is 6.03. The minimum absolute atomic E-state index is 0.132. The van der Waals surface area contributed by atoms with Crippen LogP contribution < -0.4 is 10.5 Å². The highest BCUT2D eigenvalue weighted by Crippen LogP contribution is 2.22. The molecule has 2 aromatic heterocycles. The number of piperazine rings is 1. The molecular formula is C23H20ClFN6O2. The van der Waals surface area contributed by atoms with Gasteiger partial charge in [0.25, 0.3) is 11.5 Å². The normalized spacial score (nSPS) is 14.2. The van der Waals surface area contributed by atoms with Crippen LogP contribution in [0.5, 0.6) is 0 Å². The van der Waals surface area contributed by atoms with Crippen LogP contribution in [0.25, 0.3) is 16.7 Å². The number of carbonyl (C=O) groups excluding carboxylic acids is 1. The minimum Gasteiger partial charge on any atom is -0.368 e. The van der Waals surface area contributed by atoms with Crippen molar-refractivity contribution in [2.24, 2.45) is 7.05 Å². The van der Waals surface area contributed by atoms with Gasteiger partial charge in [0, 0.05) is 43.9 Å². The van der Waals surface area contributed by atoms with Gasteiger partial charge in [-0.1, -0.05) is 11.6 Å². The van der Waals surface area contributed by atoms with Crippen molar-refractivity contribution in [1.82, 2.24) is 24.2 Å². The predicted octanol–water partition coefficient (Wildman–Crippen LogP) is 2.87. The van der Waals surface area contributed by atoms with Gasteiger partial charge in [0.2, 0.25) is 0 Å². The smallest absolute Gasteiger partial charge is 0.279 e. The molecular weight excluding hydrogens is 447 g/mol. The number of halogens is 2. The van der Waals surface area contributed by atoms with Crippen molar-refractivity contribution in [2.45, 2.75) is 0 Å². The molecule has 1 aliphatic heterocycles. The minimum atomic E-state index is -0.303. The van der Waals surface area contributed by atoms with Crippen LogP contribution in [0, 0.1) is 5.82 Å². The van der Waals surface area contributed by atoms with Crippen LogP contribution in [0.1, 0.15) is 10.5 Å². The summed E-state index contributed by atoms with van der Waals surface area (Å²) >= 11 is 6.00. The first kappa shape index (κ1) is 21.1. The zero-order valence-corrected chi connectivity index (χ0v) is 18.5. The Kier molecular flexibility index (Phi) is 5.33. The summed E-state index contributed by atoms with van der Waals surface area (Å²) in [5, 5.41) is 5.06. The molecule has 0 saturated carbocycles. The van der Waals surface area contributed by atoms with Gasteiger partial charge in [0.1, 0.15) is 11.3 Å². The van der Waals surface area contributed by atoms with Gasteiger partial charge in [-0.05, 0) is 48.5 Å². The van der Waals surface area contributed by atoms with E-state index in [4.69, 9.17) is 11.6 Å². The van der Waals surface area contributed by atoms with Crippen molar-refractivity contribution in [1.29, 1.82) is 0 Å². The lowest BCUT2D eigenvalue weighted by molar-refractivity contribution is 0.0742. The van der Waals surface area contributed by atoms with E-state index in [0.717, 1.165) is 5.69 Å². The third kappa shape index (κ3) is 3.84. The van der Waals surface area contributed by atoms with Crippen molar-refractivity contribution in [3.8, 4) is 5.69 Å². The summed E-state index contributed by atoms with van der Waals surface area (Å²) in [6.07, 6.45) is 1.39. The Balaban J connectivity index is 1.47. The molecule has 0 spiro atoms. The highest BCUT2D eigenvalue weighted by Gasteiger charge is 2.28. The van der Waals surface area contributed by atoms with E-state index in [2.05, 4.69) is 15.0 Å². The molecule has 10 heteroatoms. The Bertz CT molecular complexity index is 1390. The SMILES string of the molecule is Cn1cnc2c(C(=O)N3CCN(c4ccc(F)cc4)CC3)nn(-c3ccc(Cl)cc3)c2c1=O. The highest BCUT2D eigenvalue weighted by molar-refractivity contribution is 6.30. The predicted molar refractivity (Wildman–Crippen MR) is 124 cm³/mol. The summed E-state index contributed by atoms with van der Waals surface area (Å²) in [5.41, 5.74) is 1.84. The molecule has 0 N–H and O–H groups in total. The first-order valence-electron chi connectivity index (χ1n) is 10.4. The van der Waals surface area contributed by atoms with Crippen LogP contribution in [0.2, 0.25) is 5.02 Å². The Hall–Kier alpha value is -3.72. The third-order valence-electron chi connectivity index (χ3n) is 5.78. The van der Waals surface area contributed by atoms with Gasteiger partial charge in [-0.2, -0.15) is 5.10 Å². The molecule has 168 valence electrons. The number of hydrogen-bond donors (Lipinski definition) is 0. The summed E-state index contributed by atoms with van der Waals surface area (Å²) in [4.78, 5) is 34.5. The van der Waals surface area contributed by atoms with E-state index in [1.807, 2.05) is 0 Å². The van der Waals surface area contributed by atoms with Crippen LogP contribution in [-0.2, 0) is 7.05 Å². The monoisotopic (exact) mass is 466 g/mol. The maximum Gasteiger partial charge on any atom is 0.279 e. The number of rotatable bonds is 3. The summed E-state index contributed by atoms with van der Waals surface area (Å²) in [5.74, 6) is -0.568. The average Bonchev–Trinajstić information content (AvgIpc) is 3.22. The van der Waals surface area contributed by atoms with E-state index in [1.165, 1.54) is 27.7 Å². The maximum absolute atomic E-state index is 13.4. The number of aryl methyl sites for hydroxylation is 1. The number of nitrogens with zero attached hydrogens (tertiary/aromatic N) is 6. The number of benzene rings is 2. The Morgan fingerprint density at radius 2 is 1.61 bits per heavy atom. The van der Waals surface area contributed by atoms with Gasteiger partial charge in [0.05, 0.1) is 12.0 Å². The van der Waals surface area contributed by atoms with Gasteiger partial charge in [0.15, 0.2) is 11.2 Å². The zero-order valence-electron chi connectivity index (χ0n) is 17.8. The fraction of sp³-hybridized carbons (Fsp3) is 0.217. The van der Waals surface area contributed by atoms with E-state index in [-0.39, 0.29) is 34.0 Å². The van der Waals surface area contributed by atoms with Crippen molar-refractivity contribution in [3.63, 3.8) is 0 Å². The second-order valence-electron chi connectivity index (χ2n) is 7.85. The molecule has 4 aromatic rings. The molecule has 0 atom stereocenters. The molecule has 0 aliphatic carbocycles. The lowest BCUT2D eigenvalue weighted by atomic mass is 10.2. The summed E-state index contributed by atoms with van der Waals surface area (Å²) in [6.45, 7) is 2.14. The number of hydrogen-bond acceptors (Lipinski definition) is 5. The van der Waals surface area contributed by atoms with E-state index in [9.17, 15) is 14.0 Å². The Morgan fingerprint density at radius 1 is 0.970 bits per heavy atom. The number of amides is 1. The number of fused-ring (bicyclic) bond motifs is 1. The molecule has 33 heavy (non-hydrogen) atoms. The largest absolute Gasteiger partial charge is 0.368 e. The van der Waals surface area contributed by atoms with Crippen molar-refractivity contribution in [2.75, 3.05) is 31.1 Å². The number of anilines is 1. The molecule has 8 nitrogen and oxygen atoms in total. The summed E-state index contributed by atoms with van der Waals surface area (Å²) < 4.78 is 16.0. The van der Waals surface area contributed by atoms with E-state index in [0.29, 0.717) is 36.9 Å².